The Kier molecular flexibility index (Phi) is 4.15. The predicted molar refractivity (Wildman–Crippen MR) is 63.1 cm³/mol. The summed E-state index contributed by atoms with van der Waals surface area (Å²) >= 11 is 0. The molecule has 0 fully saturated rings. The van der Waals surface area contributed by atoms with Gasteiger partial charge in [0.1, 0.15) is 0 Å². The number of nitrogens with one attached hydrogen (secondary N) is 1. The van der Waals surface area contributed by atoms with Crippen molar-refractivity contribution in [3.05, 3.63) is 46.3 Å². The van der Waals surface area contributed by atoms with Crippen LogP contribution in [0.15, 0.2) is 35.2 Å². The molecule has 6 nitrogen and oxygen atoms in total. The zero-order valence-electron chi connectivity index (χ0n) is 9.51. The number of hydrogen-bond acceptors (Lipinski definition) is 4. The molecule has 0 radical (unpaired) electrons. The minimum Gasteiger partial charge on any atom is -0.258 e. The van der Waals surface area contributed by atoms with Crippen LogP contribution in [0.1, 0.15) is 6.92 Å². The number of rotatable bonds is 5. The molecule has 0 aliphatic rings. The van der Waals surface area contributed by atoms with Gasteiger partial charge in [-0.2, -0.15) is 4.39 Å². The zero-order valence-corrected chi connectivity index (χ0v) is 10.3. The first kappa shape index (κ1) is 14.3. The third kappa shape index (κ3) is 3.34. The molecule has 0 amide bonds. The highest BCUT2D eigenvalue weighted by Crippen LogP contribution is 2.20. The van der Waals surface area contributed by atoms with Gasteiger partial charge in [0, 0.05) is 18.7 Å². The van der Waals surface area contributed by atoms with Gasteiger partial charge in [0.15, 0.2) is 0 Å². The summed E-state index contributed by atoms with van der Waals surface area (Å²) in [6.45, 7) is 5.16. The largest absolute Gasteiger partial charge is 0.304 e. The van der Waals surface area contributed by atoms with Crippen LogP contribution in [-0.4, -0.2) is 19.9 Å². The summed E-state index contributed by atoms with van der Waals surface area (Å²) in [6.07, 6.45) is 0. The fourth-order valence-corrected chi connectivity index (χ4v) is 2.21. The lowest BCUT2D eigenvalue weighted by molar-refractivity contribution is -0.387. The maximum Gasteiger partial charge on any atom is 0.304 e. The second-order valence-corrected chi connectivity index (χ2v) is 5.42. The summed E-state index contributed by atoms with van der Waals surface area (Å²) in [5, 5.41) is 10.4. The van der Waals surface area contributed by atoms with Gasteiger partial charge < -0.3 is 0 Å². The second kappa shape index (κ2) is 5.23. The monoisotopic (exact) mass is 274 g/mol. The molecule has 0 saturated heterocycles. The Bertz CT molecular complexity index is 598. The van der Waals surface area contributed by atoms with E-state index in [9.17, 15) is 22.9 Å². The molecule has 1 rings (SSSR count). The van der Waals surface area contributed by atoms with E-state index in [1.54, 1.807) is 6.92 Å². The van der Waals surface area contributed by atoms with Gasteiger partial charge in [-0.1, -0.05) is 12.2 Å². The number of nitrogens with zero attached hydrogens (tertiary/aromatic N) is 1. The summed E-state index contributed by atoms with van der Waals surface area (Å²) in [5.74, 6) is -1.20. The standard InChI is InChI=1S/C10H11FN2O4S/c1-7(2)6-12-18(16,17)8-3-4-10(13(14)15)9(11)5-8/h3-5,12H,1,6H2,2H3. The maximum absolute atomic E-state index is 13.3. The van der Waals surface area contributed by atoms with Crippen molar-refractivity contribution in [2.24, 2.45) is 0 Å². The molecular weight excluding hydrogens is 263 g/mol. The Hall–Kier alpha value is -1.80. The maximum atomic E-state index is 13.3. The third-order valence-electron chi connectivity index (χ3n) is 1.99. The van der Waals surface area contributed by atoms with Gasteiger partial charge in [0.2, 0.25) is 15.8 Å². The molecule has 0 atom stereocenters. The zero-order chi connectivity index (χ0) is 13.9. The number of nitro benzene ring substituents is 1. The Labute approximate surface area is 103 Å². The van der Waals surface area contributed by atoms with E-state index in [1.807, 2.05) is 0 Å². The Morgan fingerprint density at radius 3 is 2.61 bits per heavy atom. The summed E-state index contributed by atoms with van der Waals surface area (Å²) in [6, 6.07) is 2.39. The number of hydrogen-bond donors (Lipinski definition) is 1. The first-order chi connectivity index (χ1) is 8.24. The van der Waals surface area contributed by atoms with Crippen LogP contribution >= 0.6 is 0 Å². The van der Waals surface area contributed by atoms with Crippen LogP contribution in [-0.2, 0) is 10.0 Å². The number of halogens is 1. The number of benzene rings is 1. The van der Waals surface area contributed by atoms with Crippen LogP contribution in [0.2, 0.25) is 0 Å². The lowest BCUT2D eigenvalue weighted by atomic mass is 10.3. The molecule has 1 aromatic rings. The first-order valence-corrected chi connectivity index (χ1v) is 6.30. The molecule has 0 aliphatic heterocycles. The average molecular weight is 274 g/mol. The third-order valence-corrected chi connectivity index (χ3v) is 3.39. The highest BCUT2D eigenvalue weighted by atomic mass is 32.2. The molecule has 0 heterocycles. The molecule has 0 spiro atoms. The Morgan fingerprint density at radius 1 is 1.56 bits per heavy atom. The quantitative estimate of drug-likeness (QED) is 0.501. The van der Waals surface area contributed by atoms with E-state index in [0.717, 1.165) is 12.1 Å². The van der Waals surface area contributed by atoms with Crippen molar-refractivity contribution in [1.29, 1.82) is 0 Å². The van der Waals surface area contributed by atoms with Crippen molar-refractivity contribution in [2.75, 3.05) is 6.54 Å². The SMILES string of the molecule is C=C(C)CNS(=O)(=O)c1ccc([N+](=O)[O-])c(F)c1. The van der Waals surface area contributed by atoms with Crippen LogP contribution in [0.4, 0.5) is 10.1 Å². The topological polar surface area (TPSA) is 89.3 Å². The summed E-state index contributed by atoms with van der Waals surface area (Å²) in [7, 11) is -3.89. The van der Waals surface area contributed by atoms with E-state index in [0.29, 0.717) is 11.6 Å². The van der Waals surface area contributed by atoms with Crippen LogP contribution in [0.25, 0.3) is 0 Å². The van der Waals surface area contributed by atoms with Crippen molar-refractivity contribution in [2.45, 2.75) is 11.8 Å². The molecule has 1 N–H and O–H groups in total. The van der Waals surface area contributed by atoms with Gasteiger partial charge in [-0.15, -0.1) is 0 Å². The normalized spacial score (nSPS) is 11.2. The van der Waals surface area contributed by atoms with Crippen LogP contribution in [0.5, 0.6) is 0 Å². The van der Waals surface area contributed by atoms with Crippen molar-refractivity contribution in [1.82, 2.24) is 4.72 Å². The second-order valence-electron chi connectivity index (χ2n) is 3.65. The van der Waals surface area contributed by atoms with Gasteiger partial charge in [-0.25, -0.2) is 13.1 Å². The molecule has 0 saturated carbocycles. The van der Waals surface area contributed by atoms with Crippen molar-refractivity contribution in [3.63, 3.8) is 0 Å². The molecule has 1 aromatic carbocycles. The lowest BCUT2D eigenvalue weighted by Crippen LogP contribution is -2.25. The molecule has 98 valence electrons. The van der Waals surface area contributed by atoms with Crippen LogP contribution < -0.4 is 4.72 Å². The molecule has 0 bridgehead atoms. The van der Waals surface area contributed by atoms with Gasteiger partial charge in [0.05, 0.1) is 9.82 Å². The summed E-state index contributed by atoms with van der Waals surface area (Å²) in [4.78, 5) is 9.09. The van der Waals surface area contributed by atoms with E-state index < -0.39 is 26.5 Å². The minimum atomic E-state index is -3.89. The average Bonchev–Trinajstić information content (AvgIpc) is 2.26. The molecule has 18 heavy (non-hydrogen) atoms. The molecule has 8 heteroatoms. The summed E-state index contributed by atoms with van der Waals surface area (Å²) < 4.78 is 38.8. The van der Waals surface area contributed by atoms with Gasteiger partial charge in [0.25, 0.3) is 0 Å². The fourth-order valence-electron chi connectivity index (χ4n) is 1.10. The minimum absolute atomic E-state index is 0.0148. The van der Waals surface area contributed by atoms with Crippen molar-refractivity contribution < 1.29 is 17.7 Å². The van der Waals surface area contributed by atoms with Crippen LogP contribution in [0, 0.1) is 15.9 Å². The van der Waals surface area contributed by atoms with E-state index in [2.05, 4.69) is 11.3 Å². The molecule has 0 unspecified atom stereocenters. The van der Waals surface area contributed by atoms with E-state index in [1.165, 1.54) is 0 Å². The molecule has 0 aromatic heterocycles. The number of nitro groups is 1. The Morgan fingerprint density at radius 2 is 2.17 bits per heavy atom. The van der Waals surface area contributed by atoms with E-state index >= 15 is 0 Å². The van der Waals surface area contributed by atoms with Gasteiger partial charge >= 0.3 is 5.69 Å². The predicted octanol–water partition coefficient (Wildman–Crippen LogP) is 1.59. The lowest BCUT2D eigenvalue weighted by Gasteiger charge is -2.06. The molecule has 0 aliphatic carbocycles. The van der Waals surface area contributed by atoms with E-state index in [4.69, 9.17) is 0 Å². The first-order valence-electron chi connectivity index (χ1n) is 4.82. The fraction of sp³-hybridized carbons (Fsp3) is 0.200. The smallest absolute Gasteiger partial charge is 0.258 e. The van der Waals surface area contributed by atoms with Crippen molar-refractivity contribution >= 4 is 15.7 Å². The Balaban J connectivity index is 3.08. The van der Waals surface area contributed by atoms with Crippen LogP contribution in [0.3, 0.4) is 0 Å². The van der Waals surface area contributed by atoms with Gasteiger partial charge in [-0.3, -0.25) is 10.1 Å². The van der Waals surface area contributed by atoms with Gasteiger partial charge in [-0.05, 0) is 13.0 Å². The van der Waals surface area contributed by atoms with Crippen molar-refractivity contribution in [3.8, 4) is 0 Å². The summed E-state index contributed by atoms with van der Waals surface area (Å²) in [5.41, 5.74) is -0.185. The highest BCUT2D eigenvalue weighted by molar-refractivity contribution is 7.89. The molecular formula is C10H11FN2O4S. The van der Waals surface area contributed by atoms with E-state index in [-0.39, 0.29) is 11.4 Å². The number of sulfonamides is 1. The highest BCUT2D eigenvalue weighted by Gasteiger charge is 2.20.